The second kappa shape index (κ2) is 4.08. The zero-order valence-electron chi connectivity index (χ0n) is 8.76. The Bertz CT molecular complexity index is 564. The second-order valence-corrected chi connectivity index (χ2v) is 3.52. The van der Waals surface area contributed by atoms with Crippen LogP contribution in [0.25, 0.3) is 0 Å². The number of aryl methyl sites for hydroxylation is 1. The molecular formula is C12H7F3O2. The van der Waals surface area contributed by atoms with Crippen molar-refractivity contribution in [3.63, 3.8) is 0 Å². The highest BCUT2D eigenvalue weighted by molar-refractivity contribution is 6.09. The van der Waals surface area contributed by atoms with E-state index in [1.807, 2.05) is 0 Å². The van der Waals surface area contributed by atoms with Gasteiger partial charge in [-0.25, -0.2) is 13.2 Å². The maximum absolute atomic E-state index is 13.3. The number of carbonyl (C=O) groups is 1. The molecule has 0 amide bonds. The van der Waals surface area contributed by atoms with Gasteiger partial charge in [-0.15, -0.1) is 0 Å². The first-order valence-corrected chi connectivity index (χ1v) is 4.73. The Labute approximate surface area is 94.7 Å². The lowest BCUT2D eigenvalue weighted by atomic mass is 10.0. The minimum atomic E-state index is -1.23. The highest BCUT2D eigenvalue weighted by Gasteiger charge is 2.21. The van der Waals surface area contributed by atoms with Gasteiger partial charge in [0, 0.05) is 12.1 Å². The van der Waals surface area contributed by atoms with Crippen LogP contribution in [0.2, 0.25) is 0 Å². The molecule has 0 atom stereocenters. The third-order valence-corrected chi connectivity index (χ3v) is 2.23. The number of furan rings is 1. The summed E-state index contributed by atoms with van der Waals surface area (Å²) in [5.41, 5.74) is -0.765. The van der Waals surface area contributed by atoms with E-state index in [1.54, 1.807) is 6.92 Å². The van der Waals surface area contributed by atoms with Crippen LogP contribution in [-0.4, -0.2) is 5.78 Å². The van der Waals surface area contributed by atoms with Crippen LogP contribution in [0.1, 0.15) is 21.7 Å². The Morgan fingerprint density at radius 2 is 1.71 bits per heavy atom. The standard InChI is InChI=1S/C12H7F3O2/c1-6-2-7(5-17-6)12(16)11-9(14)3-8(13)4-10(11)15/h2-5H,1H3. The zero-order valence-corrected chi connectivity index (χ0v) is 8.76. The quantitative estimate of drug-likeness (QED) is 0.754. The highest BCUT2D eigenvalue weighted by Crippen LogP contribution is 2.19. The van der Waals surface area contributed by atoms with Crippen LogP contribution in [0.15, 0.2) is 28.9 Å². The molecule has 0 saturated heterocycles. The van der Waals surface area contributed by atoms with E-state index in [0.717, 1.165) is 6.26 Å². The van der Waals surface area contributed by atoms with Crippen LogP contribution in [0.5, 0.6) is 0 Å². The summed E-state index contributed by atoms with van der Waals surface area (Å²) >= 11 is 0. The van der Waals surface area contributed by atoms with Crippen molar-refractivity contribution in [2.45, 2.75) is 6.92 Å². The van der Waals surface area contributed by atoms with Crippen molar-refractivity contribution in [3.8, 4) is 0 Å². The lowest BCUT2D eigenvalue weighted by Gasteiger charge is -2.02. The first kappa shape index (κ1) is 11.4. The zero-order chi connectivity index (χ0) is 12.6. The minimum Gasteiger partial charge on any atom is -0.469 e. The molecule has 0 spiro atoms. The summed E-state index contributed by atoms with van der Waals surface area (Å²) < 4.78 is 44.2. The molecule has 0 radical (unpaired) electrons. The largest absolute Gasteiger partial charge is 0.469 e. The Balaban J connectivity index is 2.51. The summed E-state index contributed by atoms with van der Waals surface area (Å²) in [7, 11) is 0. The second-order valence-electron chi connectivity index (χ2n) is 3.52. The molecule has 88 valence electrons. The summed E-state index contributed by atoms with van der Waals surface area (Å²) in [5, 5.41) is 0. The number of rotatable bonds is 2. The lowest BCUT2D eigenvalue weighted by molar-refractivity contribution is 0.103. The maximum atomic E-state index is 13.3. The van der Waals surface area contributed by atoms with Gasteiger partial charge >= 0.3 is 0 Å². The summed E-state index contributed by atoms with van der Waals surface area (Å²) in [4.78, 5) is 11.8. The molecule has 0 fully saturated rings. The van der Waals surface area contributed by atoms with E-state index in [9.17, 15) is 18.0 Å². The van der Waals surface area contributed by atoms with Gasteiger partial charge in [0.15, 0.2) is 0 Å². The van der Waals surface area contributed by atoms with Gasteiger partial charge in [0.2, 0.25) is 5.78 Å². The molecular weight excluding hydrogens is 233 g/mol. The van der Waals surface area contributed by atoms with Gasteiger partial charge < -0.3 is 4.42 Å². The first-order valence-electron chi connectivity index (χ1n) is 4.73. The van der Waals surface area contributed by atoms with Crippen molar-refractivity contribution >= 4 is 5.78 Å². The molecule has 1 heterocycles. The van der Waals surface area contributed by atoms with Gasteiger partial charge in [-0.05, 0) is 13.0 Å². The number of hydrogen-bond acceptors (Lipinski definition) is 2. The Kier molecular flexibility index (Phi) is 2.75. The fraction of sp³-hybridized carbons (Fsp3) is 0.0833. The van der Waals surface area contributed by atoms with E-state index in [2.05, 4.69) is 0 Å². The molecule has 17 heavy (non-hydrogen) atoms. The molecule has 0 aliphatic rings. The summed E-state index contributed by atoms with van der Waals surface area (Å²) in [6, 6.07) is 2.27. The molecule has 5 heteroatoms. The fourth-order valence-corrected chi connectivity index (χ4v) is 1.47. The summed E-state index contributed by atoms with van der Waals surface area (Å²) in [6.45, 7) is 1.59. The lowest BCUT2D eigenvalue weighted by Crippen LogP contribution is -2.07. The smallest absolute Gasteiger partial charge is 0.202 e. The number of halogens is 3. The third-order valence-electron chi connectivity index (χ3n) is 2.23. The molecule has 2 rings (SSSR count). The Morgan fingerprint density at radius 1 is 1.12 bits per heavy atom. The SMILES string of the molecule is Cc1cc(C(=O)c2c(F)cc(F)cc2F)co1. The summed E-state index contributed by atoms with van der Waals surface area (Å²) in [5.74, 6) is -3.97. The van der Waals surface area contributed by atoms with Gasteiger partial charge in [-0.2, -0.15) is 0 Å². The van der Waals surface area contributed by atoms with E-state index >= 15 is 0 Å². The molecule has 0 bridgehead atoms. The van der Waals surface area contributed by atoms with Gasteiger partial charge in [-0.1, -0.05) is 0 Å². The van der Waals surface area contributed by atoms with Crippen LogP contribution in [0, 0.1) is 24.4 Å². The Hall–Kier alpha value is -2.04. The molecule has 0 aliphatic carbocycles. The predicted octanol–water partition coefficient (Wildman–Crippen LogP) is 3.24. The molecule has 0 N–H and O–H groups in total. The number of hydrogen-bond donors (Lipinski definition) is 0. The van der Waals surface area contributed by atoms with Crippen LogP contribution in [0.3, 0.4) is 0 Å². The number of benzene rings is 1. The molecule has 1 aromatic carbocycles. The van der Waals surface area contributed by atoms with Crippen LogP contribution >= 0.6 is 0 Å². The van der Waals surface area contributed by atoms with Crippen molar-refractivity contribution in [1.29, 1.82) is 0 Å². The van der Waals surface area contributed by atoms with E-state index in [4.69, 9.17) is 4.42 Å². The molecule has 0 saturated carbocycles. The summed E-state index contributed by atoms with van der Waals surface area (Å²) in [6.07, 6.45) is 1.10. The maximum Gasteiger partial charge on any atom is 0.202 e. The first-order chi connectivity index (χ1) is 7.99. The molecule has 0 aliphatic heterocycles. The van der Waals surface area contributed by atoms with E-state index < -0.39 is 28.8 Å². The average Bonchev–Trinajstić information content (AvgIpc) is 2.63. The van der Waals surface area contributed by atoms with Gasteiger partial charge in [-0.3, -0.25) is 4.79 Å². The monoisotopic (exact) mass is 240 g/mol. The normalized spacial score (nSPS) is 10.6. The topological polar surface area (TPSA) is 30.2 Å². The fourth-order valence-electron chi connectivity index (χ4n) is 1.47. The van der Waals surface area contributed by atoms with Crippen molar-refractivity contribution in [3.05, 3.63) is 58.8 Å². The van der Waals surface area contributed by atoms with Crippen LogP contribution < -0.4 is 0 Å². The Morgan fingerprint density at radius 3 is 2.18 bits per heavy atom. The van der Waals surface area contributed by atoms with E-state index in [0.29, 0.717) is 17.9 Å². The highest BCUT2D eigenvalue weighted by atomic mass is 19.1. The van der Waals surface area contributed by atoms with E-state index in [1.165, 1.54) is 6.07 Å². The number of ketones is 1. The molecule has 0 unspecified atom stereocenters. The van der Waals surface area contributed by atoms with Crippen molar-refractivity contribution in [1.82, 2.24) is 0 Å². The van der Waals surface area contributed by atoms with Crippen molar-refractivity contribution in [2.24, 2.45) is 0 Å². The van der Waals surface area contributed by atoms with E-state index in [-0.39, 0.29) is 5.56 Å². The molecule has 2 aromatic rings. The van der Waals surface area contributed by atoms with Gasteiger partial charge in [0.05, 0.1) is 11.1 Å². The van der Waals surface area contributed by atoms with Crippen molar-refractivity contribution in [2.75, 3.05) is 0 Å². The predicted molar refractivity (Wildman–Crippen MR) is 53.2 cm³/mol. The van der Waals surface area contributed by atoms with Crippen LogP contribution in [-0.2, 0) is 0 Å². The number of carbonyl (C=O) groups excluding carboxylic acids is 1. The van der Waals surface area contributed by atoms with Gasteiger partial charge in [0.25, 0.3) is 0 Å². The minimum absolute atomic E-state index is 0.0203. The molecule has 1 aromatic heterocycles. The average molecular weight is 240 g/mol. The van der Waals surface area contributed by atoms with Crippen molar-refractivity contribution < 1.29 is 22.4 Å². The van der Waals surface area contributed by atoms with Crippen LogP contribution in [0.4, 0.5) is 13.2 Å². The van der Waals surface area contributed by atoms with Gasteiger partial charge in [0.1, 0.15) is 29.5 Å². The third kappa shape index (κ3) is 2.08. The molecule has 2 nitrogen and oxygen atoms in total.